The van der Waals surface area contributed by atoms with Gasteiger partial charge in [-0.05, 0) is 26.8 Å². The van der Waals surface area contributed by atoms with Crippen LogP contribution in [0.2, 0.25) is 0 Å². The van der Waals surface area contributed by atoms with Gasteiger partial charge in [0.15, 0.2) is 0 Å². The molecule has 0 aliphatic carbocycles. The van der Waals surface area contributed by atoms with Gasteiger partial charge in [0.25, 0.3) is 0 Å². The van der Waals surface area contributed by atoms with Gasteiger partial charge in [-0.2, -0.15) is 5.10 Å². The average molecular weight is 233 g/mol. The van der Waals surface area contributed by atoms with Crippen molar-refractivity contribution in [2.75, 3.05) is 0 Å². The predicted molar refractivity (Wildman–Crippen MR) is 66.6 cm³/mol. The highest BCUT2D eigenvalue weighted by atomic mass is 16.3. The minimum Gasteiger partial charge on any atom is -0.472 e. The average Bonchev–Trinajstić information content (AvgIpc) is 2.88. The molecule has 0 spiro atoms. The zero-order valence-corrected chi connectivity index (χ0v) is 10.8. The van der Waals surface area contributed by atoms with Crippen molar-refractivity contribution >= 4 is 0 Å². The lowest BCUT2D eigenvalue weighted by Crippen LogP contribution is -2.18. The number of nitrogens with one attached hydrogen (secondary N) is 1. The monoisotopic (exact) mass is 233 g/mol. The second-order valence-electron chi connectivity index (χ2n) is 4.43. The minimum absolute atomic E-state index is 0.285. The fourth-order valence-corrected chi connectivity index (χ4v) is 1.97. The number of aryl methyl sites for hydroxylation is 2. The van der Waals surface area contributed by atoms with Crippen molar-refractivity contribution in [3.8, 4) is 0 Å². The van der Waals surface area contributed by atoms with Crippen molar-refractivity contribution < 1.29 is 4.42 Å². The number of rotatable bonds is 4. The lowest BCUT2D eigenvalue weighted by atomic mass is 10.1. The molecule has 2 heterocycles. The highest BCUT2D eigenvalue weighted by Crippen LogP contribution is 2.16. The number of nitrogens with zero attached hydrogens (tertiary/aromatic N) is 2. The van der Waals surface area contributed by atoms with E-state index in [2.05, 4.69) is 24.3 Å². The van der Waals surface area contributed by atoms with Crippen molar-refractivity contribution in [2.45, 2.75) is 33.4 Å². The van der Waals surface area contributed by atoms with Gasteiger partial charge in [0.2, 0.25) is 0 Å². The molecule has 1 atom stereocenters. The van der Waals surface area contributed by atoms with Crippen molar-refractivity contribution in [2.24, 2.45) is 7.05 Å². The van der Waals surface area contributed by atoms with Gasteiger partial charge in [-0.15, -0.1) is 0 Å². The summed E-state index contributed by atoms with van der Waals surface area (Å²) in [5.74, 6) is 0. The molecule has 4 heteroatoms. The molecule has 4 nitrogen and oxygen atoms in total. The van der Waals surface area contributed by atoms with Crippen LogP contribution in [0.25, 0.3) is 0 Å². The molecule has 0 aliphatic rings. The van der Waals surface area contributed by atoms with Crippen molar-refractivity contribution in [3.63, 3.8) is 0 Å². The van der Waals surface area contributed by atoms with Crippen LogP contribution in [0.15, 0.2) is 23.0 Å². The molecule has 0 aliphatic heterocycles. The second kappa shape index (κ2) is 4.75. The maximum atomic E-state index is 5.08. The van der Waals surface area contributed by atoms with Crippen LogP contribution < -0.4 is 5.32 Å². The van der Waals surface area contributed by atoms with Gasteiger partial charge in [-0.1, -0.05) is 0 Å². The molecule has 1 N–H and O–H groups in total. The predicted octanol–water partition coefficient (Wildman–Crippen LogP) is 2.48. The Balaban J connectivity index is 2.03. The molecule has 0 aromatic carbocycles. The van der Waals surface area contributed by atoms with Crippen molar-refractivity contribution in [3.05, 3.63) is 41.1 Å². The first kappa shape index (κ1) is 11.9. The lowest BCUT2D eigenvalue weighted by Gasteiger charge is -2.12. The number of hydrogen-bond acceptors (Lipinski definition) is 3. The van der Waals surface area contributed by atoms with Crippen LogP contribution in [-0.2, 0) is 13.6 Å². The van der Waals surface area contributed by atoms with Crippen LogP contribution in [0.3, 0.4) is 0 Å². The normalized spacial score (nSPS) is 12.9. The molecule has 0 bridgehead atoms. The molecular weight excluding hydrogens is 214 g/mol. The number of aromatic nitrogens is 2. The maximum absolute atomic E-state index is 5.08. The summed E-state index contributed by atoms with van der Waals surface area (Å²) >= 11 is 0. The van der Waals surface area contributed by atoms with Crippen LogP contribution in [0.4, 0.5) is 0 Å². The molecule has 0 radical (unpaired) electrons. The summed E-state index contributed by atoms with van der Waals surface area (Å²) in [6, 6.07) is 2.27. The van der Waals surface area contributed by atoms with E-state index in [-0.39, 0.29) is 6.04 Å². The Morgan fingerprint density at radius 2 is 2.24 bits per heavy atom. The van der Waals surface area contributed by atoms with E-state index in [1.165, 1.54) is 16.8 Å². The summed E-state index contributed by atoms with van der Waals surface area (Å²) in [5, 5.41) is 7.89. The Morgan fingerprint density at radius 3 is 2.76 bits per heavy atom. The van der Waals surface area contributed by atoms with Gasteiger partial charge >= 0.3 is 0 Å². The minimum atomic E-state index is 0.285. The largest absolute Gasteiger partial charge is 0.472 e. The van der Waals surface area contributed by atoms with E-state index in [0.717, 1.165) is 12.2 Å². The van der Waals surface area contributed by atoms with Crippen LogP contribution in [-0.4, -0.2) is 9.78 Å². The van der Waals surface area contributed by atoms with E-state index in [9.17, 15) is 0 Å². The zero-order chi connectivity index (χ0) is 12.4. The van der Waals surface area contributed by atoms with Gasteiger partial charge in [-0.3, -0.25) is 4.68 Å². The van der Waals surface area contributed by atoms with Gasteiger partial charge in [-0.25, -0.2) is 0 Å². The molecule has 17 heavy (non-hydrogen) atoms. The van der Waals surface area contributed by atoms with Crippen LogP contribution in [0, 0.1) is 13.8 Å². The Morgan fingerprint density at radius 1 is 1.47 bits per heavy atom. The summed E-state index contributed by atoms with van der Waals surface area (Å²) in [7, 11) is 1.98. The first-order chi connectivity index (χ1) is 8.09. The quantitative estimate of drug-likeness (QED) is 0.882. The van der Waals surface area contributed by atoms with E-state index < -0.39 is 0 Å². The van der Waals surface area contributed by atoms with E-state index in [0.29, 0.717) is 0 Å². The SMILES string of the molecule is Cc1nn(C)c(C)c1CNC(C)c1ccoc1. The molecule has 92 valence electrons. The van der Waals surface area contributed by atoms with E-state index in [4.69, 9.17) is 4.42 Å². The molecule has 0 fully saturated rings. The molecule has 0 saturated heterocycles. The Hall–Kier alpha value is -1.55. The van der Waals surface area contributed by atoms with Gasteiger partial charge in [0.05, 0.1) is 18.2 Å². The third-order valence-electron chi connectivity index (χ3n) is 3.29. The summed E-state index contributed by atoms with van der Waals surface area (Å²) in [5.41, 5.74) is 4.76. The Bertz CT molecular complexity index is 485. The summed E-state index contributed by atoms with van der Waals surface area (Å²) in [6.07, 6.45) is 3.48. The van der Waals surface area contributed by atoms with Gasteiger partial charge in [0.1, 0.15) is 0 Å². The first-order valence-corrected chi connectivity index (χ1v) is 5.84. The molecule has 0 saturated carbocycles. The summed E-state index contributed by atoms with van der Waals surface area (Å²) in [6.45, 7) is 7.11. The fourth-order valence-electron chi connectivity index (χ4n) is 1.97. The molecule has 0 amide bonds. The van der Waals surface area contributed by atoms with E-state index >= 15 is 0 Å². The third kappa shape index (κ3) is 2.42. The molecule has 2 aromatic heterocycles. The third-order valence-corrected chi connectivity index (χ3v) is 3.29. The van der Waals surface area contributed by atoms with Crippen molar-refractivity contribution in [1.29, 1.82) is 0 Å². The standard InChI is InChI=1S/C13H19N3O/c1-9(12-5-6-17-8-12)14-7-13-10(2)15-16(4)11(13)3/h5-6,8-9,14H,7H2,1-4H3. The van der Waals surface area contributed by atoms with Crippen LogP contribution in [0.5, 0.6) is 0 Å². The van der Waals surface area contributed by atoms with Gasteiger partial charge < -0.3 is 9.73 Å². The molecular formula is C13H19N3O. The highest BCUT2D eigenvalue weighted by Gasteiger charge is 2.11. The zero-order valence-electron chi connectivity index (χ0n) is 10.8. The van der Waals surface area contributed by atoms with Crippen LogP contribution in [0.1, 0.15) is 35.5 Å². The number of hydrogen-bond donors (Lipinski definition) is 1. The first-order valence-electron chi connectivity index (χ1n) is 5.84. The number of furan rings is 1. The second-order valence-corrected chi connectivity index (χ2v) is 4.43. The Kier molecular flexibility index (Phi) is 3.33. The summed E-state index contributed by atoms with van der Waals surface area (Å²) in [4.78, 5) is 0. The lowest BCUT2D eigenvalue weighted by molar-refractivity contribution is 0.537. The molecule has 1 unspecified atom stereocenters. The van der Waals surface area contributed by atoms with E-state index in [1.807, 2.05) is 24.7 Å². The van der Waals surface area contributed by atoms with E-state index in [1.54, 1.807) is 12.5 Å². The fraction of sp³-hybridized carbons (Fsp3) is 0.462. The summed E-state index contributed by atoms with van der Waals surface area (Å²) < 4.78 is 7.01. The smallest absolute Gasteiger partial charge is 0.0950 e. The highest BCUT2D eigenvalue weighted by molar-refractivity contribution is 5.24. The maximum Gasteiger partial charge on any atom is 0.0950 e. The van der Waals surface area contributed by atoms with Gasteiger partial charge in [0, 0.05) is 36.5 Å². The molecule has 2 rings (SSSR count). The van der Waals surface area contributed by atoms with Crippen LogP contribution >= 0.6 is 0 Å². The Labute approximate surface area is 102 Å². The topological polar surface area (TPSA) is 43.0 Å². The van der Waals surface area contributed by atoms with Crippen molar-refractivity contribution in [1.82, 2.24) is 15.1 Å². The molecule has 2 aromatic rings.